The van der Waals surface area contributed by atoms with Crippen LogP contribution in [0.4, 0.5) is 0 Å². The van der Waals surface area contributed by atoms with Gasteiger partial charge in [-0.25, -0.2) is 0 Å². The Hall–Kier alpha value is -1.53. The molecule has 18 heavy (non-hydrogen) atoms. The molecular formula is C15H22N2O. The number of hydrogen-bond acceptors (Lipinski definition) is 3. The van der Waals surface area contributed by atoms with Crippen molar-refractivity contribution in [3.8, 4) is 11.8 Å². The molecule has 0 amide bonds. The Morgan fingerprint density at radius 3 is 2.44 bits per heavy atom. The Kier molecular flexibility index (Phi) is 5.18. The van der Waals surface area contributed by atoms with E-state index in [9.17, 15) is 0 Å². The van der Waals surface area contributed by atoms with E-state index in [1.807, 2.05) is 32.9 Å². The number of rotatable bonds is 6. The van der Waals surface area contributed by atoms with Gasteiger partial charge in [-0.2, -0.15) is 5.26 Å². The lowest BCUT2D eigenvalue weighted by Crippen LogP contribution is -2.30. The molecule has 0 radical (unpaired) electrons. The summed E-state index contributed by atoms with van der Waals surface area (Å²) in [4.78, 5) is 0. The summed E-state index contributed by atoms with van der Waals surface area (Å²) in [5, 5.41) is 12.3. The van der Waals surface area contributed by atoms with E-state index >= 15 is 0 Å². The third kappa shape index (κ3) is 4.38. The summed E-state index contributed by atoms with van der Waals surface area (Å²) in [7, 11) is 0. The number of ether oxygens (including phenoxy) is 1. The maximum absolute atomic E-state index is 8.97. The third-order valence-electron chi connectivity index (χ3n) is 2.84. The van der Waals surface area contributed by atoms with Gasteiger partial charge >= 0.3 is 0 Å². The second-order valence-electron chi connectivity index (χ2n) is 5.10. The summed E-state index contributed by atoms with van der Waals surface area (Å²) >= 11 is 0. The van der Waals surface area contributed by atoms with E-state index in [4.69, 9.17) is 10.00 Å². The standard InChI is InChI=1S/C15H22N2O/c1-5-18-14-8-6-13(7-9-14)12(2)17-11-15(3,4)10-16/h6-9,12,17H,5,11H2,1-4H3. The molecule has 1 atom stereocenters. The molecule has 1 N–H and O–H groups in total. The summed E-state index contributed by atoms with van der Waals surface area (Å²) in [5.41, 5.74) is 0.867. The van der Waals surface area contributed by atoms with Crippen molar-refractivity contribution >= 4 is 0 Å². The van der Waals surface area contributed by atoms with Crippen molar-refractivity contribution < 1.29 is 4.74 Å². The Morgan fingerprint density at radius 1 is 1.33 bits per heavy atom. The van der Waals surface area contributed by atoms with Crippen molar-refractivity contribution in [3.63, 3.8) is 0 Å². The SMILES string of the molecule is CCOc1ccc(C(C)NCC(C)(C)C#N)cc1. The lowest BCUT2D eigenvalue weighted by molar-refractivity contribution is 0.340. The highest BCUT2D eigenvalue weighted by Crippen LogP contribution is 2.19. The van der Waals surface area contributed by atoms with Crippen LogP contribution in [0.1, 0.15) is 39.3 Å². The van der Waals surface area contributed by atoms with Gasteiger partial charge in [0, 0.05) is 12.6 Å². The highest BCUT2D eigenvalue weighted by molar-refractivity contribution is 5.28. The van der Waals surface area contributed by atoms with Crippen molar-refractivity contribution in [3.05, 3.63) is 29.8 Å². The maximum atomic E-state index is 8.97. The lowest BCUT2D eigenvalue weighted by Gasteiger charge is -2.21. The molecule has 3 nitrogen and oxygen atoms in total. The van der Waals surface area contributed by atoms with Crippen LogP contribution in [0.25, 0.3) is 0 Å². The molecule has 1 rings (SSSR count). The minimum atomic E-state index is -0.334. The molecule has 0 bridgehead atoms. The molecule has 0 spiro atoms. The number of nitrogens with one attached hydrogen (secondary N) is 1. The van der Waals surface area contributed by atoms with Crippen molar-refractivity contribution in [1.82, 2.24) is 5.32 Å². The van der Waals surface area contributed by atoms with Crippen LogP contribution in [-0.2, 0) is 0 Å². The van der Waals surface area contributed by atoms with Gasteiger partial charge in [0.25, 0.3) is 0 Å². The molecule has 3 heteroatoms. The molecule has 1 aromatic rings. The predicted molar refractivity (Wildman–Crippen MR) is 73.4 cm³/mol. The minimum absolute atomic E-state index is 0.230. The normalized spacial score (nSPS) is 12.8. The summed E-state index contributed by atoms with van der Waals surface area (Å²) < 4.78 is 5.41. The molecular weight excluding hydrogens is 224 g/mol. The third-order valence-corrected chi connectivity index (χ3v) is 2.84. The fourth-order valence-electron chi connectivity index (χ4n) is 1.59. The highest BCUT2D eigenvalue weighted by atomic mass is 16.5. The zero-order chi connectivity index (χ0) is 13.6. The first kappa shape index (κ1) is 14.5. The number of hydrogen-bond donors (Lipinski definition) is 1. The van der Waals surface area contributed by atoms with E-state index in [0.717, 1.165) is 5.75 Å². The van der Waals surface area contributed by atoms with Crippen molar-refractivity contribution in [1.29, 1.82) is 5.26 Å². The average molecular weight is 246 g/mol. The van der Waals surface area contributed by atoms with E-state index in [0.29, 0.717) is 13.2 Å². The van der Waals surface area contributed by atoms with Crippen LogP contribution in [0, 0.1) is 16.7 Å². The Labute approximate surface area is 110 Å². The molecule has 0 aliphatic rings. The first-order valence-corrected chi connectivity index (χ1v) is 6.36. The van der Waals surface area contributed by atoms with Gasteiger partial charge in [0.1, 0.15) is 5.75 Å². The highest BCUT2D eigenvalue weighted by Gasteiger charge is 2.17. The van der Waals surface area contributed by atoms with E-state index in [2.05, 4.69) is 30.4 Å². The fourth-order valence-corrected chi connectivity index (χ4v) is 1.59. The molecule has 0 saturated carbocycles. The quantitative estimate of drug-likeness (QED) is 0.837. The number of nitriles is 1. The number of benzene rings is 1. The molecule has 1 aromatic carbocycles. The second kappa shape index (κ2) is 6.42. The largest absolute Gasteiger partial charge is 0.494 e. The Bertz CT molecular complexity index is 403. The fraction of sp³-hybridized carbons (Fsp3) is 0.533. The zero-order valence-electron chi connectivity index (χ0n) is 11.7. The van der Waals surface area contributed by atoms with E-state index < -0.39 is 0 Å². The van der Waals surface area contributed by atoms with E-state index in [1.165, 1.54) is 5.56 Å². The van der Waals surface area contributed by atoms with Crippen LogP contribution >= 0.6 is 0 Å². The van der Waals surface area contributed by atoms with Crippen LogP contribution in [-0.4, -0.2) is 13.2 Å². The van der Waals surface area contributed by atoms with Gasteiger partial charge in [0.05, 0.1) is 18.1 Å². The maximum Gasteiger partial charge on any atom is 0.119 e. The zero-order valence-corrected chi connectivity index (χ0v) is 11.7. The van der Waals surface area contributed by atoms with Gasteiger partial charge in [0.2, 0.25) is 0 Å². The monoisotopic (exact) mass is 246 g/mol. The van der Waals surface area contributed by atoms with Crippen LogP contribution in [0.2, 0.25) is 0 Å². The van der Waals surface area contributed by atoms with Crippen LogP contribution in [0.3, 0.4) is 0 Å². The molecule has 0 fully saturated rings. The molecule has 0 aliphatic heterocycles. The van der Waals surface area contributed by atoms with Crippen LogP contribution in [0.15, 0.2) is 24.3 Å². The second-order valence-corrected chi connectivity index (χ2v) is 5.10. The topological polar surface area (TPSA) is 45.0 Å². The summed E-state index contributed by atoms with van der Waals surface area (Å²) in [5.74, 6) is 0.894. The average Bonchev–Trinajstić information content (AvgIpc) is 2.37. The molecule has 0 aromatic heterocycles. The van der Waals surface area contributed by atoms with E-state index in [-0.39, 0.29) is 11.5 Å². The summed E-state index contributed by atoms with van der Waals surface area (Å²) in [6.07, 6.45) is 0. The first-order valence-electron chi connectivity index (χ1n) is 6.36. The predicted octanol–water partition coefficient (Wildman–Crippen LogP) is 3.29. The van der Waals surface area contributed by atoms with Gasteiger partial charge in [-0.05, 0) is 45.4 Å². The van der Waals surface area contributed by atoms with E-state index in [1.54, 1.807) is 0 Å². The van der Waals surface area contributed by atoms with Gasteiger partial charge in [0.15, 0.2) is 0 Å². The lowest BCUT2D eigenvalue weighted by atomic mass is 9.95. The minimum Gasteiger partial charge on any atom is -0.494 e. The molecule has 0 heterocycles. The van der Waals surface area contributed by atoms with Crippen molar-refractivity contribution in [2.24, 2.45) is 5.41 Å². The van der Waals surface area contributed by atoms with Crippen molar-refractivity contribution in [2.45, 2.75) is 33.7 Å². The molecule has 0 saturated heterocycles. The Morgan fingerprint density at radius 2 is 1.94 bits per heavy atom. The first-order chi connectivity index (χ1) is 8.48. The summed E-state index contributed by atoms with van der Waals surface area (Å²) in [6.45, 7) is 9.31. The summed E-state index contributed by atoms with van der Waals surface area (Å²) in [6, 6.07) is 10.6. The van der Waals surface area contributed by atoms with Crippen LogP contribution < -0.4 is 10.1 Å². The van der Waals surface area contributed by atoms with Gasteiger partial charge in [-0.3, -0.25) is 0 Å². The smallest absolute Gasteiger partial charge is 0.119 e. The Balaban J connectivity index is 2.57. The van der Waals surface area contributed by atoms with Gasteiger partial charge < -0.3 is 10.1 Å². The van der Waals surface area contributed by atoms with Crippen molar-refractivity contribution in [2.75, 3.05) is 13.2 Å². The molecule has 0 aliphatic carbocycles. The van der Waals surface area contributed by atoms with Gasteiger partial charge in [-0.15, -0.1) is 0 Å². The van der Waals surface area contributed by atoms with Crippen LogP contribution in [0.5, 0.6) is 5.75 Å². The van der Waals surface area contributed by atoms with Gasteiger partial charge in [-0.1, -0.05) is 12.1 Å². The molecule has 98 valence electrons. The number of nitrogens with zero attached hydrogens (tertiary/aromatic N) is 1. The molecule has 1 unspecified atom stereocenters.